The van der Waals surface area contributed by atoms with Crippen molar-refractivity contribution < 1.29 is 18.7 Å². The number of hydrogen-bond acceptors (Lipinski definition) is 5. The van der Waals surface area contributed by atoms with Crippen LogP contribution in [0.1, 0.15) is 28.6 Å². The summed E-state index contributed by atoms with van der Waals surface area (Å²) in [5.74, 6) is 0.399. The second-order valence-electron chi connectivity index (χ2n) is 6.58. The fourth-order valence-corrected chi connectivity index (χ4v) is 2.99. The molecular weight excluding hydrogens is 368 g/mol. The highest BCUT2D eigenvalue weighted by Crippen LogP contribution is 2.20. The van der Waals surface area contributed by atoms with Gasteiger partial charge in [0.15, 0.2) is 0 Å². The largest absolute Gasteiger partial charge is 0.508 e. The molecule has 6 nitrogen and oxygen atoms in total. The number of furan rings is 1. The molecule has 2 aromatic heterocycles. The van der Waals surface area contributed by atoms with Gasteiger partial charge in [0.25, 0.3) is 5.91 Å². The number of nitrogens with zero attached hydrogens (tertiary/aromatic N) is 1. The molecule has 0 atom stereocenters. The molecule has 4 aromatic rings. The van der Waals surface area contributed by atoms with Gasteiger partial charge in [-0.2, -0.15) is 0 Å². The number of phenolic OH excluding ortho intramolecular Hbond substituents is 1. The average Bonchev–Trinajstić information content (AvgIpc) is 3.25. The van der Waals surface area contributed by atoms with E-state index in [9.17, 15) is 9.90 Å². The lowest BCUT2D eigenvalue weighted by molar-refractivity contribution is 0.0944. The molecule has 0 saturated heterocycles. The summed E-state index contributed by atoms with van der Waals surface area (Å²) in [4.78, 5) is 17.4. The summed E-state index contributed by atoms with van der Waals surface area (Å²) in [5, 5.41) is 13.3. The number of nitrogens with one attached hydrogen (secondary N) is 1. The van der Waals surface area contributed by atoms with E-state index in [4.69, 9.17) is 8.83 Å². The predicted molar refractivity (Wildman–Crippen MR) is 109 cm³/mol. The molecule has 0 fully saturated rings. The lowest BCUT2D eigenvalue weighted by Crippen LogP contribution is -2.28. The highest BCUT2D eigenvalue weighted by molar-refractivity contribution is 5.96. The second-order valence-corrected chi connectivity index (χ2v) is 6.58. The highest BCUT2D eigenvalue weighted by atomic mass is 16.3. The quantitative estimate of drug-likeness (QED) is 0.528. The zero-order valence-corrected chi connectivity index (χ0v) is 15.9. The van der Waals surface area contributed by atoms with Gasteiger partial charge < -0.3 is 19.3 Å². The third-order valence-corrected chi connectivity index (χ3v) is 4.53. The van der Waals surface area contributed by atoms with Gasteiger partial charge in [0.05, 0.1) is 18.5 Å². The Bertz CT molecular complexity index is 1220. The van der Waals surface area contributed by atoms with Gasteiger partial charge in [-0.3, -0.25) is 4.79 Å². The maximum Gasteiger partial charge on any atom is 0.257 e. The van der Waals surface area contributed by atoms with Gasteiger partial charge in [-0.05, 0) is 54.4 Å². The van der Waals surface area contributed by atoms with Crippen LogP contribution in [0.15, 0.2) is 80.8 Å². The fourth-order valence-electron chi connectivity index (χ4n) is 2.99. The molecule has 29 heavy (non-hydrogen) atoms. The lowest BCUT2D eigenvalue weighted by Gasteiger charge is -2.06. The van der Waals surface area contributed by atoms with Gasteiger partial charge in [0, 0.05) is 11.5 Å². The minimum absolute atomic E-state index is 0.0789. The van der Waals surface area contributed by atoms with E-state index >= 15 is 0 Å². The summed E-state index contributed by atoms with van der Waals surface area (Å²) in [6, 6.07) is 17.7. The third-order valence-electron chi connectivity index (χ3n) is 4.53. The zero-order valence-electron chi connectivity index (χ0n) is 15.9. The number of aromatic hydroxyl groups is 1. The van der Waals surface area contributed by atoms with Crippen LogP contribution in [0.2, 0.25) is 0 Å². The first-order valence-corrected chi connectivity index (χ1v) is 9.33. The molecule has 0 bridgehead atoms. The Balaban J connectivity index is 1.80. The van der Waals surface area contributed by atoms with Crippen molar-refractivity contribution in [2.45, 2.75) is 19.9 Å². The molecule has 0 saturated carbocycles. The first kappa shape index (κ1) is 18.6. The average molecular weight is 388 g/mol. The van der Waals surface area contributed by atoms with Crippen LogP contribution >= 0.6 is 0 Å². The van der Waals surface area contributed by atoms with Gasteiger partial charge in [0.1, 0.15) is 22.7 Å². The molecule has 0 aliphatic carbocycles. The predicted octanol–water partition coefficient (Wildman–Crippen LogP) is 4.46. The number of benzene rings is 2. The van der Waals surface area contributed by atoms with Crippen molar-refractivity contribution in [2.24, 2.45) is 4.99 Å². The number of fused-ring (bicyclic) bond motifs is 1. The lowest BCUT2D eigenvalue weighted by atomic mass is 10.1. The molecule has 2 aromatic carbocycles. The van der Waals surface area contributed by atoms with Crippen LogP contribution in [0.4, 0.5) is 5.69 Å². The molecule has 2 N–H and O–H groups in total. The summed E-state index contributed by atoms with van der Waals surface area (Å²) < 4.78 is 11.2. The maximum atomic E-state index is 12.9. The van der Waals surface area contributed by atoms with Gasteiger partial charge in [-0.25, -0.2) is 4.99 Å². The molecule has 0 spiro atoms. The van der Waals surface area contributed by atoms with E-state index in [0.29, 0.717) is 28.0 Å². The molecule has 0 aliphatic rings. The van der Waals surface area contributed by atoms with E-state index in [0.717, 1.165) is 12.0 Å². The van der Waals surface area contributed by atoms with Crippen LogP contribution in [-0.2, 0) is 13.0 Å². The van der Waals surface area contributed by atoms with Crippen LogP contribution in [-0.4, -0.2) is 11.0 Å². The Kier molecular flexibility index (Phi) is 5.16. The number of phenols is 1. The van der Waals surface area contributed by atoms with Crippen LogP contribution in [0, 0.1) is 0 Å². The molecule has 1 amide bonds. The molecule has 4 rings (SSSR count). The monoisotopic (exact) mass is 388 g/mol. The SMILES string of the molecule is CCc1cccc(N=c2oc3cc(O)ccc3cc2C(=O)NCc2ccco2)c1. The summed E-state index contributed by atoms with van der Waals surface area (Å²) >= 11 is 0. The first-order chi connectivity index (χ1) is 14.1. The van der Waals surface area contributed by atoms with Crippen LogP contribution in [0.3, 0.4) is 0 Å². The molecule has 0 aliphatic heterocycles. The number of rotatable bonds is 5. The van der Waals surface area contributed by atoms with Crippen molar-refractivity contribution in [1.29, 1.82) is 0 Å². The van der Waals surface area contributed by atoms with E-state index in [1.54, 1.807) is 36.6 Å². The second kappa shape index (κ2) is 8.06. The number of hydrogen-bond donors (Lipinski definition) is 2. The smallest absolute Gasteiger partial charge is 0.257 e. The number of carbonyl (C=O) groups is 1. The minimum atomic E-state index is -0.328. The van der Waals surface area contributed by atoms with Gasteiger partial charge in [0.2, 0.25) is 5.55 Å². The highest BCUT2D eigenvalue weighted by Gasteiger charge is 2.13. The molecule has 2 heterocycles. The van der Waals surface area contributed by atoms with E-state index in [1.165, 1.54) is 6.07 Å². The fraction of sp³-hybridized carbons (Fsp3) is 0.130. The zero-order chi connectivity index (χ0) is 20.2. The van der Waals surface area contributed by atoms with Crippen LogP contribution in [0.5, 0.6) is 5.75 Å². The van der Waals surface area contributed by atoms with E-state index in [-0.39, 0.29) is 23.8 Å². The van der Waals surface area contributed by atoms with Crippen molar-refractivity contribution >= 4 is 22.6 Å². The van der Waals surface area contributed by atoms with Gasteiger partial charge in [-0.15, -0.1) is 0 Å². The van der Waals surface area contributed by atoms with Crippen LogP contribution < -0.4 is 10.9 Å². The minimum Gasteiger partial charge on any atom is -0.508 e. The van der Waals surface area contributed by atoms with E-state index in [1.807, 2.05) is 24.3 Å². The van der Waals surface area contributed by atoms with Crippen LogP contribution in [0.25, 0.3) is 11.0 Å². The topological polar surface area (TPSA) is 88.0 Å². The maximum absolute atomic E-state index is 12.9. The number of aryl methyl sites for hydroxylation is 1. The van der Waals surface area contributed by atoms with Crippen molar-refractivity contribution in [3.8, 4) is 5.75 Å². The standard InChI is InChI=1S/C23H20N2O4/c1-2-15-5-3-6-17(11-15)25-23-20(22(27)24-14-19-7-4-10-28-19)12-16-8-9-18(26)13-21(16)29-23/h3-13,26H,2,14H2,1H3,(H,24,27). The normalized spacial score (nSPS) is 11.7. The van der Waals surface area contributed by atoms with Crippen molar-refractivity contribution in [3.63, 3.8) is 0 Å². The summed E-state index contributed by atoms with van der Waals surface area (Å²) in [7, 11) is 0. The Hall–Kier alpha value is -3.80. The molecule has 0 radical (unpaired) electrons. The Labute approximate surface area is 167 Å². The van der Waals surface area contributed by atoms with Crippen molar-refractivity contribution in [2.75, 3.05) is 0 Å². The molecule has 146 valence electrons. The van der Waals surface area contributed by atoms with Crippen molar-refractivity contribution in [3.05, 3.63) is 89.4 Å². The summed E-state index contributed by atoms with van der Waals surface area (Å²) in [6.07, 6.45) is 2.43. The van der Waals surface area contributed by atoms with Gasteiger partial charge >= 0.3 is 0 Å². The Morgan fingerprint density at radius 2 is 2.00 bits per heavy atom. The molecular formula is C23H20N2O4. The van der Waals surface area contributed by atoms with Crippen molar-refractivity contribution in [1.82, 2.24) is 5.32 Å². The number of carbonyl (C=O) groups excluding carboxylic acids is 1. The first-order valence-electron chi connectivity index (χ1n) is 9.33. The Morgan fingerprint density at radius 3 is 2.79 bits per heavy atom. The summed E-state index contributed by atoms with van der Waals surface area (Å²) in [5.41, 5.74) is 2.74. The Morgan fingerprint density at radius 1 is 1.10 bits per heavy atom. The van der Waals surface area contributed by atoms with E-state index < -0.39 is 0 Å². The molecule has 6 heteroatoms. The number of amides is 1. The van der Waals surface area contributed by atoms with Gasteiger partial charge in [-0.1, -0.05) is 19.1 Å². The van der Waals surface area contributed by atoms with E-state index in [2.05, 4.69) is 17.2 Å². The summed E-state index contributed by atoms with van der Waals surface area (Å²) in [6.45, 7) is 2.32. The third kappa shape index (κ3) is 4.21. The molecule has 0 unspecified atom stereocenters.